The molecule has 0 spiro atoms. The summed E-state index contributed by atoms with van der Waals surface area (Å²) in [4.78, 5) is 10.9. The van der Waals surface area contributed by atoms with Gasteiger partial charge in [-0.25, -0.2) is 0 Å². The summed E-state index contributed by atoms with van der Waals surface area (Å²) in [5.74, 6) is 0.864. The fourth-order valence-corrected chi connectivity index (χ4v) is 2.92. The number of rotatable bonds is 15. The van der Waals surface area contributed by atoms with Crippen molar-refractivity contribution in [2.24, 2.45) is 5.92 Å². The molecule has 0 radical (unpaired) electrons. The molecule has 0 aromatic carbocycles. The molecule has 1 unspecified atom stereocenters. The molecule has 0 aromatic rings. The number of carbonyl (C=O) groups excluding carboxylic acids is 1. The van der Waals surface area contributed by atoms with Crippen molar-refractivity contribution in [3.05, 3.63) is 0 Å². The van der Waals surface area contributed by atoms with E-state index in [2.05, 4.69) is 18.6 Å². The van der Waals surface area contributed by atoms with Crippen molar-refractivity contribution in [3.8, 4) is 0 Å². The summed E-state index contributed by atoms with van der Waals surface area (Å²) >= 11 is 0. The van der Waals surface area contributed by atoms with Crippen LogP contribution in [0.1, 0.15) is 104 Å². The SMILES string of the molecule is CCCC(C)CCCCCCCCCCCCC(=O)OC. The van der Waals surface area contributed by atoms with Crippen molar-refractivity contribution < 1.29 is 9.53 Å². The van der Waals surface area contributed by atoms with Crippen molar-refractivity contribution in [1.29, 1.82) is 0 Å². The van der Waals surface area contributed by atoms with Gasteiger partial charge in [0, 0.05) is 6.42 Å². The lowest BCUT2D eigenvalue weighted by atomic mass is 9.98. The van der Waals surface area contributed by atoms with Gasteiger partial charge in [0.05, 0.1) is 7.11 Å². The van der Waals surface area contributed by atoms with E-state index in [1.165, 1.54) is 84.2 Å². The van der Waals surface area contributed by atoms with E-state index in [0.717, 1.165) is 12.3 Å². The number of unbranched alkanes of at least 4 members (excludes halogenated alkanes) is 9. The molecule has 0 amide bonds. The van der Waals surface area contributed by atoms with Gasteiger partial charge in [0.2, 0.25) is 0 Å². The number of hydrogen-bond donors (Lipinski definition) is 0. The minimum absolute atomic E-state index is 0.0664. The fraction of sp³-hybridized carbons (Fsp3) is 0.947. The molecule has 0 heterocycles. The molecular weight excluding hydrogens is 260 g/mol. The summed E-state index contributed by atoms with van der Waals surface area (Å²) < 4.78 is 4.63. The first-order chi connectivity index (χ1) is 10.2. The number of methoxy groups -OCH3 is 1. The molecule has 1 atom stereocenters. The maximum absolute atomic E-state index is 10.9. The lowest BCUT2D eigenvalue weighted by molar-refractivity contribution is -0.140. The lowest BCUT2D eigenvalue weighted by Gasteiger charge is -2.09. The summed E-state index contributed by atoms with van der Waals surface area (Å²) in [7, 11) is 1.47. The first-order valence-electron chi connectivity index (χ1n) is 9.27. The quantitative estimate of drug-likeness (QED) is 0.263. The van der Waals surface area contributed by atoms with Crippen LogP contribution in [-0.2, 0) is 9.53 Å². The van der Waals surface area contributed by atoms with Gasteiger partial charge >= 0.3 is 5.97 Å². The second-order valence-electron chi connectivity index (χ2n) is 6.54. The average molecular weight is 299 g/mol. The van der Waals surface area contributed by atoms with Crippen LogP contribution in [0.15, 0.2) is 0 Å². The molecule has 0 aliphatic heterocycles. The molecule has 0 saturated heterocycles. The zero-order valence-corrected chi connectivity index (χ0v) is 14.8. The van der Waals surface area contributed by atoms with E-state index in [-0.39, 0.29) is 5.97 Å². The van der Waals surface area contributed by atoms with Gasteiger partial charge in [0.15, 0.2) is 0 Å². The second-order valence-corrected chi connectivity index (χ2v) is 6.54. The van der Waals surface area contributed by atoms with Gasteiger partial charge in [0.1, 0.15) is 0 Å². The van der Waals surface area contributed by atoms with Gasteiger partial charge in [-0.15, -0.1) is 0 Å². The van der Waals surface area contributed by atoms with E-state index in [4.69, 9.17) is 0 Å². The molecule has 0 fully saturated rings. The number of hydrogen-bond acceptors (Lipinski definition) is 2. The molecule has 2 nitrogen and oxygen atoms in total. The van der Waals surface area contributed by atoms with E-state index in [1.807, 2.05) is 0 Å². The number of ether oxygens (including phenoxy) is 1. The normalized spacial score (nSPS) is 12.3. The topological polar surface area (TPSA) is 26.3 Å². The standard InChI is InChI=1S/C19H38O2/c1-4-15-18(2)16-13-11-9-7-5-6-8-10-12-14-17-19(20)21-3/h18H,4-17H2,1-3H3. The highest BCUT2D eigenvalue weighted by Gasteiger charge is 2.00. The predicted octanol–water partition coefficient (Wildman–Crippen LogP) is 6.28. The van der Waals surface area contributed by atoms with Gasteiger partial charge in [-0.05, 0) is 12.3 Å². The maximum Gasteiger partial charge on any atom is 0.305 e. The Kier molecular flexibility index (Phi) is 15.5. The highest BCUT2D eigenvalue weighted by atomic mass is 16.5. The Morgan fingerprint density at radius 1 is 0.810 bits per heavy atom. The molecule has 0 aliphatic rings. The Labute approximate surface area is 133 Å². The van der Waals surface area contributed by atoms with E-state index < -0.39 is 0 Å². The Bertz CT molecular complexity index is 226. The van der Waals surface area contributed by atoms with E-state index in [9.17, 15) is 4.79 Å². The van der Waals surface area contributed by atoms with E-state index in [1.54, 1.807) is 0 Å². The molecule has 0 saturated carbocycles. The minimum atomic E-state index is -0.0664. The molecule has 21 heavy (non-hydrogen) atoms. The van der Waals surface area contributed by atoms with Crippen LogP contribution in [-0.4, -0.2) is 13.1 Å². The van der Waals surface area contributed by atoms with Crippen molar-refractivity contribution in [3.63, 3.8) is 0 Å². The van der Waals surface area contributed by atoms with Crippen LogP contribution in [0.25, 0.3) is 0 Å². The molecule has 0 N–H and O–H groups in total. The van der Waals surface area contributed by atoms with Crippen LogP contribution in [0.3, 0.4) is 0 Å². The largest absolute Gasteiger partial charge is 0.469 e. The van der Waals surface area contributed by atoms with Crippen molar-refractivity contribution in [2.45, 2.75) is 104 Å². The Morgan fingerprint density at radius 2 is 1.29 bits per heavy atom. The number of carbonyl (C=O) groups is 1. The van der Waals surface area contributed by atoms with Crippen LogP contribution in [0.4, 0.5) is 0 Å². The second kappa shape index (κ2) is 15.9. The van der Waals surface area contributed by atoms with Gasteiger partial charge in [-0.3, -0.25) is 4.79 Å². The van der Waals surface area contributed by atoms with Crippen LogP contribution < -0.4 is 0 Å². The summed E-state index contributed by atoms with van der Waals surface area (Å²) in [5, 5.41) is 0. The van der Waals surface area contributed by atoms with Crippen LogP contribution >= 0.6 is 0 Å². The summed E-state index contributed by atoms with van der Waals surface area (Å²) in [5.41, 5.74) is 0. The van der Waals surface area contributed by atoms with Crippen LogP contribution in [0.2, 0.25) is 0 Å². The fourth-order valence-electron chi connectivity index (χ4n) is 2.92. The van der Waals surface area contributed by atoms with E-state index in [0.29, 0.717) is 6.42 Å². The molecule has 0 aliphatic carbocycles. The monoisotopic (exact) mass is 298 g/mol. The minimum Gasteiger partial charge on any atom is -0.469 e. The first-order valence-corrected chi connectivity index (χ1v) is 9.27. The highest BCUT2D eigenvalue weighted by Crippen LogP contribution is 2.16. The van der Waals surface area contributed by atoms with Crippen LogP contribution in [0, 0.1) is 5.92 Å². The summed E-state index contributed by atoms with van der Waals surface area (Å²) in [6.07, 6.45) is 17.9. The Hall–Kier alpha value is -0.530. The first kappa shape index (κ1) is 20.5. The highest BCUT2D eigenvalue weighted by molar-refractivity contribution is 5.68. The molecule has 0 rings (SSSR count). The molecule has 0 bridgehead atoms. The third kappa shape index (κ3) is 15.7. The molecule has 2 heteroatoms. The summed E-state index contributed by atoms with van der Waals surface area (Å²) in [6, 6.07) is 0. The third-order valence-corrected chi connectivity index (χ3v) is 4.34. The van der Waals surface area contributed by atoms with Crippen LogP contribution in [0.5, 0.6) is 0 Å². The Morgan fingerprint density at radius 3 is 1.76 bits per heavy atom. The van der Waals surface area contributed by atoms with Crippen molar-refractivity contribution in [1.82, 2.24) is 0 Å². The van der Waals surface area contributed by atoms with Gasteiger partial charge in [0.25, 0.3) is 0 Å². The average Bonchev–Trinajstić information content (AvgIpc) is 2.48. The van der Waals surface area contributed by atoms with E-state index >= 15 is 0 Å². The van der Waals surface area contributed by atoms with Gasteiger partial charge < -0.3 is 4.74 Å². The van der Waals surface area contributed by atoms with Crippen molar-refractivity contribution >= 4 is 5.97 Å². The van der Waals surface area contributed by atoms with Gasteiger partial charge in [-0.2, -0.15) is 0 Å². The third-order valence-electron chi connectivity index (χ3n) is 4.34. The predicted molar refractivity (Wildman–Crippen MR) is 91.5 cm³/mol. The molecular formula is C19H38O2. The van der Waals surface area contributed by atoms with Gasteiger partial charge in [-0.1, -0.05) is 90.9 Å². The summed E-state index contributed by atoms with van der Waals surface area (Å²) in [6.45, 7) is 4.68. The number of esters is 1. The zero-order valence-electron chi connectivity index (χ0n) is 14.8. The Balaban J connectivity index is 3.07. The maximum atomic E-state index is 10.9. The zero-order chi connectivity index (χ0) is 15.8. The molecule has 0 aromatic heterocycles. The molecule has 126 valence electrons. The van der Waals surface area contributed by atoms with Crippen molar-refractivity contribution in [2.75, 3.05) is 7.11 Å². The smallest absolute Gasteiger partial charge is 0.305 e. The lowest BCUT2D eigenvalue weighted by Crippen LogP contribution is -1.99.